The van der Waals surface area contributed by atoms with E-state index in [2.05, 4.69) is 13.8 Å². The summed E-state index contributed by atoms with van der Waals surface area (Å²) in [4.78, 5) is 0. The maximum atomic E-state index is 6.40. The molecule has 5 atom stereocenters. The first kappa shape index (κ1) is 17.3. The summed E-state index contributed by atoms with van der Waals surface area (Å²) >= 11 is 0. The lowest BCUT2D eigenvalue weighted by Crippen LogP contribution is -2.35. The lowest BCUT2D eigenvalue weighted by atomic mass is 9.78. The molecule has 0 heterocycles. The van der Waals surface area contributed by atoms with Gasteiger partial charge in [-0.3, -0.25) is 0 Å². The smallest absolute Gasteiger partial charge is 0.0621 e. The van der Waals surface area contributed by atoms with Crippen LogP contribution >= 0.6 is 0 Å². The summed E-state index contributed by atoms with van der Waals surface area (Å²) in [5, 5.41) is 0. The van der Waals surface area contributed by atoms with E-state index in [1.807, 2.05) is 7.11 Å². The van der Waals surface area contributed by atoms with Crippen molar-refractivity contribution in [1.29, 1.82) is 0 Å². The Morgan fingerprint density at radius 3 is 2.57 bits per heavy atom. The second kappa shape index (κ2) is 9.15. The predicted molar refractivity (Wildman–Crippen MR) is 88.5 cm³/mol. The zero-order valence-electron chi connectivity index (χ0n) is 14.5. The molecule has 5 unspecified atom stereocenters. The summed E-state index contributed by atoms with van der Waals surface area (Å²) in [5.41, 5.74) is 0. The SMILES string of the molecule is CCCCC1CCC(C)C(OCC2CCCCC2OC)C1. The van der Waals surface area contributed by atoms with Gasteiger partial charge in [0.2, 0.25) is 0 Å². The average molecular weight is 296 g/mol. The van der Waals surface area contributed by atoms with Crippen LogP contribution in [0, 0.1) is 17.8 Å². The quantitative estimate of drug-likeness (QED) is 0.642. The van der Waals surface area contributed by atoms with Gasteiger partial charge in [0.15, 0.2) is 0 Å². The lowest BCUT2D eigenvalue weighted by Gasteiger charge is -2.37. The molecule has 2 heteroatoms. The van der Waals surface area contributed by atoms with Gasteiger partial charge in [0.25, 0.3) is 0 Å². The van der Waals surface area contributed by atoms with E-state index in [0.29, 0.717) is 18.1 Å². The van der Waals surface area contributed by atoms with Gasteiger partial charge < -0.3 is 9.47 Å². The van der Waals surface area contributed by atoms with Crippen LogP contribution in [0.4, 0.5) is 0 Å². The zero-order valence-corrected chi connectivity index (χ0v) is 14.5. The minimum atomic E-state index is 0.438. The van der Waals surface area contributed by atoms with Gasteiger partial charge in [-0.1, -0.05) is 52.4 Å². The first-order valence-electron chi connectivity index (χ1n) is 9.39. The van der Waals surface area contributed by atoms with Gasteiger partial charge in [0.05, 0.1) is 18.8 Å². The molecule has 2 saturated carbocycles. The second-order valence-corrected chi connectivity index (χ2v) is 7.49. The molecule has 2 nitrogen and oxygen atoms in total. The van der Waals surface area contributed by atoms with E-state index in [4.69, 9.17) is 9.47 Å². The normalized spacial score (nSPS) is 37.6. The van der Waals surface area contributed by atoms with Gasteiger partial charge in [-0.15, -0.1) is 0 Å². The van der Waals surface area contributed by atoms with Crippen LogP contribution in [-0.4, -0.2) is 25.9 Å². The van der Waals surface area contributed by atoms with Crippen LogP contribution in [0.25, 0.3) is 0 Å². The molecule has 0 bridgehead atoms. The molecule has 0 spiro atoms. The summed E-state index contributed by atoms with van der Waals surface area (Å²) in [6, 6.07) is 0. The van der Waals surface area contributed by atoms with E-state index >= 15 is 0 Å². The Labute approximate surface area is 132 Å². The van der Waals surface area contributed by atoms with E-state index in [1.165, 1.54) is 64.2 Å². The first-order chi connectivity index (χ1) is 10.2. The summed E-state index contributed by atoms with van der Waals surface area (Å²) < 4.78 is 12.1. The molecule has 0 N–H and O–H groups in total. The Kier molecular flexibility index (Phi) is 7.53. The molecular weight excluding hydrogens is 260 g/mol. The van der Waals surface area contributed by atoms with Gasteiger partial charge in [0.1, 0.15) is 0 Å². The Balaban J connectivity index is 1.77. The fraction of sp³-hybridized carbons (Fsp3) is 1.00. The van der Waals surface area contributed by atoms with Gasteiger partial charge in [-0.2, -0.15) is 0 Å². The van der Waals surface area contributed by atoms with Crippen molar-refractivity contribution in [1.82, 2.24) is 0 Å². The summed E-state index contributed by atoms with van der Waals surface area (Å²) in [6.45, 7) is 5.61. The number of hydrogen-bond donors (Lipinski definition) is 0. The van der Waals surface area contributed by atoms with E-state index in [0.717, 1.165) is 18.4 Å². The fourth-order valence-corrected chi connectivity index (χ4v) is 4.27. The van der Waals surface area contributed by atoms with Crippen molar-refractivity contribution in [3.05, 3.63) is 0 Å². The third-order valence-electron chi connectivity index (χ3n) is 5.86. The van der Waals surface area contributed by atoms with Crippen molar-refractivity contribution < 1.29 is 9.47 Å². The van der Waals surface area contributed by atoms with Crippen molar-refractivity contribution in [3.8, 4) is 0 Å². The van der Waals surface area contributed by atoms with Crippen LogP contribution in [0.5, 0.6) is 0 Å². The van der Waals surface area contributed by atoms with Crippen molar-refractivity contribution in [2.45, 2.75) is 90.3 Å². The second-order valence-electron chi connectivity index (χ2n) is 7.49. The van der Waals surface area contributed by atoms with Crippen molar-refractivity contribution in [3.63, 3.8) is 0 Å². The minimum Gasteiger partial charge on any atom is -0.381 e. The predicted octanol–water partition coefficient (Wildman–Crippen LogP) is 5.20. The highest BCUT2D eigenvalue weighted by atomic mass is 16.5. The molecule has 0 aromatic carbocycles. The molecule has 2 fully saturated rings. The van der Waals surface area contributed by atoms with Gasteiger partial charge >= 0.3 is 0 Å². The Hall–Kier alpha value is -0.0800. The zero-order chi connectivity index (χ0) is 15.1. The van der Waals surface area contributed by atoms with Crippen LogP contribution in [-0.2, 0) is 9.47 Å². The van der Waals surface area contributed by atoms with Gasteiger partial charge in [-0.25, -0.2) is 0 Å². The number of unbranched alkanes of at least 4 members (excludes halogenated alkanes) is 1. The van der Waals surface area contributed by atoms with Crippen molar-refractivity contribution >= 4 is 0 Å². The van der Waals surface area contributed by atoms with Crippen molar-refractivity contribution in [2.75, 3.05) is 13.7 Å². The molecule has 0 aromatic heterocycles. The Morgan fingerprint density at radius 1 is 1.00 bits per heavy atom. The summed E-state index contributed by atoms with van der Waals surface area (Å²) in [6.07, 6.45) is 14.3. The highest BCUT2D eigenvalue weighted by Crippen LogP contribution is 2.35. The van der Waals surface area contributed by atoms with E-state index in [-0.39, 0.29) is 0 Å². The maximum Gasteiger partial charge on any atom is 0.0621 e. The van der Waals surface area contributed by atoms with Gasteiger partial charge in [0, 0.05) is 13.0 Å². The Bertz CT molecular complexity index is 277. The number of methoxy groups -OCH3 is 1. The van der Waals surface area contributed by atoms with Crippen LogP contribution in [0.2, 0.25) is 0 Å². The Morgan fingerprint density at radius 2 is 1.81 bits per heavy atom. The summed E-state index contributed by atoms with van der Waals surface area (Å²) in [7, 11) is 1.87. The monoisotopic (exact) mass is 296 g/mol. The largest absolute Gasteiger partial charge is 0.381 e. The highest BCUT2D eigenvalue weighted by molar-refractivity contribution is 4.81. The van der Waals surface area contributed by atoms with E-state index in [9.17, 15) is 0 Å². The first-order valence-corrected chi connectivity index (χ1v) is 9.39. The number of hydrogen-bond acceptors (Lipinski definition) is 2. The van der Waals surface area contributed by atoms with Gasteiger partial charge in [-0.05, 0) is 37.5 Å². The van der Waals surface area contributed by atoms with E-state index in [1.54, 1.807) is 0 Å². The molecule has 21 heavy (non-hydrogen) atoms. The van der Waals surface area contributed by atoms with E-state index < -0.39 is 0 Å². The molecule has 0 aromatic rings. The molecule has 0 saturated heterocycles. The third-order valence-corrected chi connectivity index (χ3v) is 5.86. The number of ether oxygens (including phenoxy) is 2. The van der Waals surface area contributed by atoms with Crippen LogP contribution in [0.15, 0.2) is 0 Å². The van der Waals surface area contributed by atoms with Crippen LogP contribution in [0.3, 0.4) is 0 Å². The van der Waals surface area contributed by atoms with Crippen molar-refractivity contribution in [2.24, 2.45) is 17.8 Å². The fourth-order valence-electron chi connectivity index (χ4n) is 4.27. The molecule has 2 aliphatic rings. The highest BCUT2D eigenvalue weighted by Gasteiger charge is 2.31. The molecule has 0 radical (unpaired) electrons. The molecule has 2 rings (SSSR count). The average Bonchev–Trinajstić information content (AvgIpc) is 2.53. The molecule has 0 amide bonds. The third kappa shape index (κ3) is 5.25. The molecule has 2 aliphatic carbocycles. The lowest BCUT2D eigenvalue weighted by molar-refractivity contribution is -0.0729. The standard InChI is InChI=1S/C19H36O2/c1-4-5-8-16-12-11-15(2)19(13-16)21-14-17-9-6-7-10-18(17)20-3/h15-19H,4-14H2,1-3H3. The summed E-state index contributed by atoms with van der Waals surface area (Å²) in [5.74, 6) is 2.29. The minimum absolute atomic E-state index is 0.438. The maximum absolute atomic E-state index is 6.40. The van der Waals surface area contributed by atoms with Crippen LogP contribution < -0.4 is 0 Å². The topological polar surface area (TPSA) is 18.5 Å². The number of rotatable bonds is 7. The molecule has 0 aliphatic heterocycles. The molecular formula is C19H36O2. The van der Waals surface area contributed by atoms with Crippen LogP contribution in [0.1, 0.15) is 78.1 Å². The molecule has 124 valence electrons.